The maximum absolute atomic E-state index is 11.6. The second kappa shape index (κ2) is 8.61. The molecule has 0 saturated heterocycles. The van der Waals surface area contributed by atoms with E-state index in [0.29, 0.717) is 17.9 Å². The Labute approximate surface area is 154 Å². The predicted molar refractivity (Wildman–Crippen MR) is 105 cm³/mol. The fraction of sp³-hybridized carbons (Fsp3) is 0.381. The fourth-order valence-corrected chi connectivity index (χ4v) is 3.27. The SMILES string of the molecule is CNC(=O)CCC(C=O)N(C)c1ccc(C(C)C)c2cccc(C=O)c12. The molecule has 1 unspecified atom stereocenters. The first-order valence-corrected chi connectivity index (χ1v) is 8.84. The van der Waals surface area contributed by atoms with Gasteiger partial charge in [-0.3, -0.25) is 9.59 Å². The first-order valence-electron chi connectivity index (χ1n) is 8.84. The zero-order valence-electron chi connectivity index (χ0n) is 15.8. The average molecular weight is 354 g/mol. The number of aldehydes is 2. The molecule has 0 aliphatic rings. The number of hydrogen-bond acceptors (Lipinski definition) is 4. The van der Waals surface area contributed by atoms with E-state index in [1.165, 1.54) is 0 Å². The lowest BCUT2D eigenvalue weighted by molar-refractivity contribution is -0.120. The zero-order valence-corrected chi connectivity index (χ0v) is 15.8. The van der Waals surface area contributed by atoms with Crippen LogP contribution >= 0.6 is 0 Å². The topological polar surface area (TPSA) is 66.5 Å². The summed E-state index contributed by atoms with van der Waals surface area (Å²) in [5.41, 5.74) is 2.58. The van der Waals surface area contributed by atoms with E-state index in [1.54, 1.807) is 13.1 Å². The second-order valence-electron chi connectivity index (χ2n) is 6.74. The Morgan fingerprint density at radius 2 is 1.92 bits per heavy atom. The molecule has 1 N–H and O–H groups in total. The lowest BCUT2D eigenvalue weighted by Gasteiger charge is -2.28. The summed E-state index contributed by atoms with van der Waals surface area (Å²) in [5, 5.41) is 4.44. The molecule has 0 fully saturated rings. The van der Waals surface area contributed by atoms with E-state index < -0.39 is 6.04 Å². The quantitative estimate of drug-likeness (QED) is 0.739. The van der Waals surface area contributed by atoms with Crippen molar-refractivity contribution >= 4 is 34.9 Å². The Hall–Kier alpha value is -2.69. The predicted octanol–water partition coefficient (Wildman–Crippen LogP) is 3.31. The number of benzene rings is 2. The Balaban J connectivity index is 2.54. The monoisotopic (exact) mass is 354 g/mol. The van der Waals surface area contributed by atoms with Crippen LogP contribution in [-0.4, -0.2) is 38.6 Å². The van der Waals surface area contributed by atoms with Gasteiger partial charge in [-0.1, -0.05) is 38.1 Å². The maximum atomic E-state index is 11.6. The molecule has 0 bridgehead atoms. The van der Waals surface area contributed by atoms with E-state index in [0.717, 1.165) is 34.6 Å². The van der Waals surface area contributed by atoms with E-state index >= 15 is 0 Å². The summed E-state index contributed by atoms with van der Waals surface area (Å²) >= 11 is 0. The Morgan fingerprint density at radius 1 is 1.19 bits per heavy atom. The van der Waals surface area contributed by atoms with Crippen LogP contribution in [0.4, 0.5) is 5.69 Å². The van der Waals surface area contributed by atoms with Crippen molar-refractivity contribution in [1.29, 1.82) is 0 Å². The van der Waals surface area contributed by atoms with Gasteiger partial charge in [0.25, 0.3) is 0 Å². The van der Waals surface area contributed by atoms with Crippen LogP contribution in [0.2, 0.25) is 0 Å². The van der Waals surface area contributed by atoms with Crippen molar-refractivity contribution in [2.75, 3.05) is 19.0 Å². The number of anilines is 1. The highest BCUT2D eigenvalue weighted by molar-refractivity contribution is 6.07. The summed E-state index contributed by atoms with van der Waals surface area (Å²) in [7, 11) is 3.41. The average Bonchev–Trinajstić information content (AvgIpc) is 2.66. The van der Waals surface area contributed by atoms with E-state index in [2.05, 4.69) is 19.2 Å². The lowest BCUT2D eigenvalue weighted by Crippen LogP contribution is -2.34. The number of rotatable bonds is 8. The molecule has 0 spiro atoms. The van der Waals surface area contributed by atoms with Gasteiger partial charge >= 0.3 is 0 Å². The van der Waals surface area contributed by atoms with E-state index in [1.807, 2.05) is 36.2 Å². The van der Waals surface area contributed by atoms with Gasteiger partial charge in [0.1, 0.15) is 6.29 Å². The Morgan fingerprint density at radius 3 is 2.50 bits per heavy atom. The largest absolute Gasteiger partial charge is 0.364 e. The van der Waals surface area contributed by atoms with Crippen LogP contribution in [0.3, 0.4) is 0 Å². The molecule has 5 heteroatoms. The van der Waals surface area contributed by atoms with Gasteiger partial charge in [-0.05, 0) is 29.4 Å². The van der Waals surface area contributed by atoms with Crippen LogP contribution < -0.4 is 10.2 Å². The molecule has 0 aliphatic carbocycles. The van der Waals surface area contributed by atoms with Crippen LogP contribution in [-0.2, 0) is 9.59 Å². The molecule has 5 nitrogen and oxygen atoms in total. The zero-order chi connectivity index (χ0) is 19.3. The number of nitrogens with zero attached hydrogens (tertiary/aromatic N) is 1. The van der Waals surface area contributed by atoms with Gasteiger partial charge in [0.2, 0.25) is 5.91 Å². The molecule has 26 heavy (non-hydrogen) atoms. The van der Waals surface area contributed by atoms with Crippen LogP contribution in [0.25, 0.3) is 10.8 Å². The summed E-state index contributed by atoms with van der Waals surface area (Å²) < 4.78 is 0. The number of fused-ring (bicyclic) bond motifs is 1. The summed E-state index contributed by atoms with van der Waals surface area (Å²) in [6, 6.07) is 9.24. The lowest BCUT2D eigenvalue weighted by atomic mass is 9.92. The van der Waals surface area contributed by atoms with Gasteiger partial charge in [-0.15, -0.1) is 0 Å². The van der Waals surface area contributed by atoms with Gasteiger partial charge < -0.3 is 15.0 Å². The molecule has 0 radical (unpaired) electrons. The minimum Gasteiger partial charge on any atom is -0.364 e. The van der Waals surface area contributed by atoms with Gasteiger partial charge in [0, 0.05) is 37.2 Å². The smallest absolute Gasteiger partial charge is 0.219 e. The number of carbonyl (C=O) groups is 3. The van der Waals surface area contributed by atoms with Crippen LogP contribution in [0, 0.1) is 0 Å². The van der Waals surface area contributed by atoms with E-state index in [4.69, 9.17) is 0 Å². The van der Waals surface area contributed by atoms with Crippen LogP contribution in [0.15, 0.2) is 30.3 Å². The van der Waals surface area contributed by atoms with Gasteiger partial charge in [-0.2, -0.15) is 0 Å². The van der Waals surface area contributed by atoms with Crippen molar-refractivity contribution in [2.45, 2.75) is 38.6 Å². The summed E-state index contributed by atoms with van der Waals surface area (Å²) in [4.78, 5) is 36.7. The highest BCUT2D eigenvalue weighted by Crippen LogP contribution is 2.35. The molecule has 2 rings (SSSR count). The summed E-state index contributed by atoms with van der Waals surface area (Å²) in [6.07, 6.45) is 2.39. The fourth-order valence-electron chi connectivity index (χ4n) is 3.27. The number of amides is 1. The molecule has 0 heterocycles. The second-order valence-corrected chi connectivity index (χ2v) is 6.74. The Kier molecular flexibility index (Phi) is 6.50. The minimum absolute atomic E-state index is 0.0983. The third-order valence-electron chi connectivity index (χ3n) is 4.81. The van der Waals surface area contributed by atoms with Crippen molar-refractivity contribution in [2.24, 2.45) is 0 Å². The van der Waals surface area contributed by atoms with Gasteiger partial charge in [-0.25, -0.2) is 0 Å². The normalized spacial score (nSPS) is 12.0. The molecular weight excluding hydrogens is 328 g/mol. The van der Waals surface area contributed by atoms with Crippen molar-refractivity contribution < 1.29 is 14.4 Å². The molecular formula is C21H26N2O3. The van der Waals surface area contributed by atoms with E-state index in [9.17, 15) is 14.4 Å². The molecule has 0 aliphatic heterocycles. The summed E-state index contributed by atoms with van der Waals surface area (Å²) in [6.45, 7) is 4.23. The van der Waals surface area contributed by atoms with Gasteiger partial charge in [0.15, 0.2) is 6.29 Å². The van der Waals surface area contributed by atoms with Crippen LogP contribution in [0.5, 0.6) is 0 Å². The summed E-state index contributed by atoms with van der Waals surface area (Å²) in [5.74, 6) is 0.215. The third kappa shape index (κ3) is 3.93. The van der Waals surface area contributed by atoms with Crippen molar-refractivity contribution in [3.63, 3.8) is 0 Å². The number of likely N-dealkylation sites (N-methyl/N-ethyl adjacent to an activating group) is 1. The van der Waals surface area contributed by atoms with Crippen molar-refractivity contribution in [3.05, 3.63) is 41.5 Å². The molecule has 138 valence electrons. The molecule has 0 aromatic heterocycles. The number of hydrogen-bond donors (Lipinski definition) is 1. The molecule has 2 aromatic carbocycles. The molecule has 1 amide bonds. The van der Waals surface area contributed by atoms with Gasteiger partial charge in [0.05, 0.1) is 6.04 Å². The molecule has 0 saturated carbocycles. The first kappa shape index (κ1) is 19.6. The van der Waals surface area contributed by atoms with E-state index in [-0.39, 0.29) is 12.3 Å². The molecule has 2 aromatic rings. The maximum Gasteiger partial charge on any atom is 0.219 e. The van der Waals surface area contributed by atoms with Crippen molar-refractivity contribution in [1.82, 2.24) is 5.32 Å². The molecule has 1 atom stereocenters. The minimum atomic E-state index is -0.444. The highest BCUT2D eigenvalue weighted by Gasteiger charge is 2.20. The van der Waals surface area contributed by atoms with Crippen LogP contribution in [0.1, 0.15) is 48.5 Å². The number of nitrogens with one attached hydrogen (secondary N) is 1. The number of carbonyl (C=O) groups excluding carboxylic acids is 3. The highest BCUT2D eigenvalue weighted by atomic mass is 16.1. The van der Waals surface area contributed by atoms with Crippen molar-refractivity contribution in [3.8, 4) is 0 Å². The first-order chi connectivity index (χ1) is 12.4. The third-order valence-corrected chi connectivity index (χ3v) is 4.81. The Bertz CT molecular complexity index is 814. The standard InChI is InChI=1S/C21H26N2O3/c1-14(2)17-9-10-19(21-15(12-24)6-5-7-18(17)21)23(4)16(13-25)8-11-20(26)22-3/h5-7,9-10,12-14,16H,8,11H2,1-4H3,(H,22,26).